The van der Waals surface area contributed by atoms with E-state index in [1.54, 1.807) is 12.1 Å². The van der Waals surface area contributed by atoms with Crippen LogP contribution in [0.5, 0.6) is 0 Å². The van der Waals surface area contributed by atoms with Crippen LogP contribution in [0.4, 0.5) is 0 Å². The third-order valence-electron chi connectivity index (χ3n) is 3.34. The Kier molecular flexibility index (Phi) is 4.57. The van der Waals surface area contributed by atoms with Crippen LogP contribution in [0.2, 0.25) is 0 Å². The lowest BCUT2D eigenvalue weighted by Gasteiger charge is -2.27. The number of rotatable bonds is 3. The van der Waals surface area contributed by atoms with Crippen LogP contribution in [-0.2, 0) is 4.79 Å². The van der Waals surface area contributed by atoms with Crippen LogP contribution in [0, 0.1) is 5.92 Å². The molecular formula is C13H20N3O3+. The van der Waals surface area contributed by atoms with Crippen LogP contribution >= 0.6 is 0 Å². The van der Waals surface area contributed by atoms with Crippen LogP contribution < -0.4 is 15.8 Å². The number of hydrogen-bond acceptors (Lipinski definition) is 3. The molecule has 19 heavy (non-hydrogen) atoms. The van der Waals surface area contributed by atoms with Crippen molar-refractivity contribution in [3.8, 4) is 0 Å². The van der Waals surface area contributed by atoms with E-state index in [-0.39, 0.29) is 11.7 Å². The Bertz CT molecular complexity index is 430. The zero-order valence-corrected chi connectivity index (χ0v) is 11.1. The minimum absolute atomic E-state index is 0.177. The second kappa shape index (κ2) is 6.38. The van der Waals surface area contributed by atoms with Gasteiger partial charge in [0.1, 0.15) is 0 Å². The fourth-order valence-electron chi connectivity index (χ4n) is 2.43. The van der Waals surface area contributed by atoms with E-state index in [0.29, 0.717) is 12.5 Å². The summed E-state index contributed by atoms with van der Waals surface area (Å²) in [5.41, 5.74) is 4.75. The maximum Gasteiger partial charge on any atom is 0.305 e. The third-order valence-corrected chi connectivity index (χ3v) is 3.34. The predicted octanol–water partition coefficient (Wildman–Crippen LogP) is -0.645. The number of amides is 2. The van der Waals surface area contributed by atoms with Gasteiger partial charge in [-0.1, -0.05) is 6.92 Å². The zero-order chi connectivity index (χ0) is 13.7. The molecule has 0 saturated carbocycles. The van der Waals surface area contributed by atoms with Crippen LogP contribution in [-0.4, -0.2) is 31.4 Å². The van der Waals surface area contributed by atoms with Crippen molar-refractivity contribution in [1.29, 1.82) is 0 Å². The average molecular weight is 266 g/mol. The van der Waals surface area contributed by atoms with Crippen LogP contribution in [0.15, 0.2) is 22.8 Å². The highest BCUT2D eigenvalue weighted by Gasteiger charge is 2.22. The van der Waals surface area contributed by atoms with Gasteiger partial charge in [-0.3, -0.25) is 20.4 Å². The molecule has 0 aliphatic carbocycles. The Labute approximate surface area is 112 Å². The lowest BCUT2D eigenvalue weighted by Crippen LogP contribution is -3.14. The molecule has 1 saturated heterocycles. The van der Waals surface area contributed by atoms with Gasteiger partial charge in [0.2, 0.25) is 0 Å². The molecular weight excluding hydrogens is 246 g/mol. The molecule has 1 aromatic heterocycles. The smallest absolute Gasteiger partial charge is 0.305 e. The zero-order valence-electron chi connectivity index (χ0n) is 11.1. The van der Waals surface area contributed by atoms with Crippen molar-refractivity contribution >= 4 is 11.8 Å². The summed E-state index contributed by atoms with van der Waals surface area (Å²) < 4.78 is 4.92. The first-order chi connectivity index (χ1) is 9.15. The van der Waals surface area contributed by atoms with Gasteiger partial charge < -0.3 is 9.32 Å². The van der Waals surface area contributed by atoms with Crippen molar-refractivity contribution in [3.63, 3.8) is 0 Å². The number of quaternary nitrogens is 1. The summed E-state index contributed by atoms with van der Waals surface area (Å²) in [4.78, 5) is 24.5. The molecule has 0 spiro atoms. The molecule has 104 valence electrons. The SMILES string of the molecule is C[C@@H]1CCC[NH+](CC(=O)NNC(=O)c2ccco2)C1. The van der Waals surface area contributed by atoms with Gasteiger partial charge in [0, 0.05) is 5.92 Å². The molecule has 2 amide bonds. The number of hydrogen-bond donors (Lipinski definition) is 3. The minimum atomic E-state index is -0.444. The summed E-state index contributed by atoms with van der Waals surface area (Å²) in [5.74, 6) is 0.220. The lowest BCUT2D eigenvalue weighted by atomic mass is 10.0. The molecule has 2 rings (SSSR count). The fourth-order valence-corrected chi connectivity index (χ4v) is 2.43. The number of hydrazine groups is 1. The first-order valence-corrected chi connectivity index (χ1v) is 6.61. The molecule has 6 heteroatoms. The average Bonchev–Trinajstić information content (AvgIpc) is 2.90. The van der Waals surface area contributed by atoms with E-state index in [1.807, 2.05) is 0 Å². The second-order valence-electron chi connectivity index (χ2n) is 5.11. The first-order valence-electron chi connectivity index (χ1n) is 6.61. The molecule has 0 aromatic carbocycles. The predicted molar refractivity (Wildman–Crippen MR) is 68.3 cm³/mol. The largest absolute Gasteiger partial charge is 0.459 e. The van der Waals surface area contributed by atoms with Crippen molar-refractivity contribution in [2.24, 2.45) is 5.92 Å². The van der Waals surface area contributed by atoms with Gasteiger partial charge in [-0.25, -0.2) is 0 Å². The van der Waals surface area contributed by atoms with E-state index in [9.17, 15) is 9.59 Å². The van der Waals surface area contributed by atoms with Crippen molar-refractivity contribution < 1.29 is 18.9 Å². The molecule has 3 N–H and O–H groups in total. The van der Waals surface area contributed by atoms with Gasteiger partial charge in [-0.05, 0) is 25.0 Å². The van der Waals surface area contributed by atoms with E-state index in [4.69, 9.17) is 4.42 Å². The summed E-state index contributed by atoms with van der Waals surface area (Å²) in [6, 6.07) is 3.16. The maximum absolute atomic E-state index is 11.7. The Morgan fingerprint density at radius 1 is 1.47 bits per heavy atom. The standard InChI is InChI=1S/C13H19N3O3/c1-10-4-2-6-16(8-10)9-12(17)14-15-13(18)11-5-3-7-19-11/h3,5,7,10H,2,4,6,8-9H2,1H3,(H,14,17)(H,15,18)/p+1/t10-/m1/s1. The highest BCUT2D eigenvalue weighted by molar-refractivity contribution is 5.92. The van der Waals surface area contributed by atoms with Gasteiger partial charge in [-0.15, -0.1) is 0 Å². The normalized spacial score (nSPS) is 22.8. The van der Waals surface area contributed by atoms with E-state index in [2.05, 4.69) is 17.8 Å². The molecule has 1 aliphatic rings. The molecule has 0 radical (unpaired) electrons. The van der Waals surface area contributed by atoms with Crippen LogP contribution in [0.1, 0.15) is 30.3 Å². The van der Waals surface area contributed by atoms with Gasteiger partial charge >= 0.3 is 5.91 Å². The van der Waals surface area contributed by atoms with Gasteiger partial charge in [0.05, 0.1) is 19.4 Å². The molecule has 2 heterocycles. The topological polar surface area (TPSA) is 75.8 Å². The number of likely N-dealkylation sites (tertiary alicyclic amines) is 1. The maximum atomic E-state index is 11.7. The van der Waals surface area contributed by atoms with Crippen LogP contribution in [0.25, 0.3) is 0 Å². The molecule has 2 atom stereocenters. The first kappa shape index (κ1) is 13.6. The highest BCUT2D eigenvalue weighted by atomic mass is 16.3. The van der Waals surface area contributed by atoms with Crippen molar-refractivity contribution in [2.75, 3.05) is 19.6 Å². The molecule has 0 bridgehead atoms. The van der Waals surface area contributed by atoms with E-state index in [0.717, 1.165) is 19.5 Å². The number of carbonyl (C=O) groups is 2. The van der Waals surface area contributed by atoms with E-state index in [1.165, 1.54) is 17.6 Å². The highest BCUT2D eigenvalue weighted by Crippen LogP contribution is 2.04. The lowest BCUT2D eigenvalue weighted by molar-refractivity contribution is -0.900. The Hall–Kier alpha value is -1.82. The minimum Gasteiger partial charge on any atom is -0.459 e. The van der Waals surface area contributed by atoms with Gasteiger partial charge in [0.25, 0.3) is 5.91 Å². The second-order valence-corrected chi connectivity index (χ2v) is 5.11. The Morgan fingerprint density at radius 2 is 2.32 bits per heavy atom. The van der Waals surface area contributed by atoms with Crippen molar-refractivity contribution in [3.05, 3.63) is 24.2 Å². The van der Waals surface area contributed by atoms with Crippen molar-refractivity contribution in [1.82, 2.24) is 10.9 Å². The number of nitrogens with one attached hydrogen (secondary N) is 3. The Morgan fingerprint density at radius 3 is 3.00 bits per heavy atom. The number of carbonyl (C=O) groups excluding carboxylic acids is 2. The molecule has 6 nitrogen and oxygen atoms in total. The summed E-state index contributed by atoms with van der Waals surface area (Å²) in [6.07, 6.45) is 3.80. The molecule has 1 fully saturated rings. The van der Waals surface area contributed by atoms with E-state index >= 15 is 0 Å². The third kappa shape index (κ3) is 4.10. The summed E-state index contributed by atoms with van der Waals surface area (Å²) >= 11 is 0. The quantitative estimate of drug-likeness (QED) is 0.637. The van der Waals surface area contributed by atoms with Crippen LogP contribution in [0.3, 0.4) is 0 Å². The monoisotopic (exact) mass is 266 g/mol. The van der Waals surface area contributed by atoms with Gasteiger partial charge in [-0.2, -0.15) is 0 Å². The van der Waals surface area contributed by atoms with Gasteiger partial charge in [0.15, 0.2) is 12.3 Å². The van der Waals surface area contributed by atoms with Crippen molar-refractivity contribution in [2.45, 2.75) is 19.8 Å². The summed E-state index contributed by atoms with van der Waals surface area (Å²) in [5, 5.41) is 0. The molecule has 1 unspecified atom stereocenters. The summed E-state index contributed by atoms with van der Waals surface area (Å²) in [6.45, 7) is 4.63. The Balaban J connectivity index is 1.71. The fraction of sp³-hybridized carbons (Fsp3) is 0.538. The molecule has 1 aromatic rings. The number of furan rings is 1. The number of piperidine rings is 1. The molecule has 1 aliphatic heterocycles. The van der Waals surface area contributed by atoms with E-state index < -0.39 is 5.91 Å². The summed E-state index contributed by atoms with van der Waals surface area (Å²) in [7, 11) is 0.